The molecule has 0 aliphatic carbocycles. The molecule has 0 radical (unpaired) electrons. The minimum atomic E-state index is -3.47. The van der Waals surface area contributed by atoms with Crippen molar-refractivity contribution in [3.63, 3.8) is 0 Å². The highest BCUT2D eigenvalue weighted by atomic mass is 35.7. The Kier molecular flexibility index (Phi) is 7.15. The van der Waals surface area contributed by atoms with Crippen molar-refractivity contribution in [2.24, 2.45) is 0 Å². The molecule has 0 aliphatic heterocycles. The molecule has 0 N–H and O–H groups in total. The number of ether oxygens (including phenoxy) is 3. The van der Waals surface area contributed by atoms with E-state index in [4.69, 9.17) is 24.9 Å². The van der Waals surface area contributed by atoms with Crippen molar-refractivity contribution in [3.05, 3.63) is 29.8 Å². The molecule has 0 atom stereocenters. The third-order valence-corrected chi connectivity index (χ3v) is 3.39. The molecule has 0 aliphatic rings. The second-order valence-electron chi connectivity index (χ2n) is 3.76. The van der Waals surface area contributed by atoms with Crippen molar-refractivity contribution in [1.82, 2.24) is 0 Å². The molecular weight excluding hydrogens is 292 g/mol. The summed E-state index contributed by atoms with van der Waals surface area (Å²) in [5.74, 6) is 0.613. The zero-order valence-electron chi connectivity index (χ0n) is 10.7. The van der Waals surface area contributed by atoms with Crippen LogP contribution in [0.3, 0.4) is 0 Å². The molecule has 0 amide bonds. The van der Waals surface area contributed by atoms with Gasteiger partial charge in [0, 0.05) is 10.7 Å². The molecule has 0 aromatic heterocycles. The van der Waals surface area contributed by atoms with Gasteiger partial charge in [-0.1, -0.05) is 12.1 Å². The van der Waals surface area contributed by atoms with E-state index in [1.54, 1.807) is 7.11 Å². The number of methoxy groups -OCH3 is 1. The number of rotatable bonds is 9. The van der Waals surface area contributed by atoms with E-state index in [1.807, 2.05) is 24.3 Å². The van der Waals surface area contributed by atoms with Crippen molar-refractivity contribution >= 4 is 19.7 Å². The third kappa shape index (κ3) is 8.05. The highest BCUT2D eigenvalue weighted by Gasteiger charge is 2.03. The van der Waals surface area contributed by atoms with E-state index in [0.717, 1.165) is 11.3 Å². The maximum absolute atomic E-state index is 10.6. The average molecular weight is 309 g/mol. The van der Waals surface area contributed by atoms with Gasteiger partial charge in [0.15, 0.2) is 0 Å². The van der Waals surface area contributed by atoms with Gasteiger partial charge in [0.05, 0.1) is 39.3 Å². The largest absolute Gasteiger partial charge is 0.497 e. The van der Waals surface area contributed by atoms with Crippen LogP contribution < -0.4 is 4.74 Å². The van der Waals surface area contributed by atoms with Crippen molar-refractivity contribution in [2.75, 3.05) is 32.7 Å². The smallest absolute Gasteiger partial charge is 0.234 e. The maximum Gasteiger partial charge on any atom is 0.234 e. The van der Waals surface area contributed by atoms with E-state index < -0.39 is 9.05 Å². The van der Waals surface area contributed by atoms with Crippen LogP contribution in [0.1, 0.15) is 5.56 Å². The lowest BCUT2D eigenvalue weighted by Gasteiger charge is -2.06. The fourth-order valence-electron chi connectivity index (χ4n) is 1.29. The molecule has 0 spiro atoms. The van der Waals surface area contributed by atoms with Crippen LogP contribution in [0.15, 0.2) is 24.3 Å². The summed E-state index contributed by atoms with van der Waals surface area (Å²) in [6.07, 6.45) is 0. The minimum Gasteiger partial charge on any atom is -0.497 e. The van der Waals surface area contributed by atoms with E-state index in [0.29, 0.717) is 19.8 Å². The van der Waals surface area contributed by atoms with Crippen molar-refractivity contribution in [1.29, 1.82) is 0 Å². The second-order valence-corrected chi connectivity index (χ2v) is 6.65. The Labute approximate surface area is 117 Å². The average Bonchev–Trinajstić information content (AvgIpc) is 2.37. The van der Waals surface area contributed by atoms with E-state index >= 15 is 0 Å². The molecule has 1 aromatic carbocycles. The third-order valence-electron chi connectivity index (χ3n) is 2.27. The van der Waals surface area contributed by atoms with Gasteiger partial charge in [-0.25, -0.2) is 8.42 Å². The number of hydrogen-bond donors (Lipinski definition) is 0. The molecular formula is C12H17ClO5S. The number of benzene rings is 1. The van der Waals surface area contributed by atoms with Crippen molar-refractivity contribution < 1.29 is 22.6 Å². The molecule has 1 rings (SSSR count). The van der Waals surface area contributed by atoms with Gasteiger partial charge in [-0.3, -0.25) is 0 Å². The molecule has 0 unspecified atom stereocenters. The van der Waals surface area contributed by atoms with Crippen LogP contribution in [0.2, 0.25) is 0 Å². The van der Waals surface area contributed by atoms with Crippen LogP contribution in [0.25, 0.3) is 0 Å². The summed E-state index contributed by atoms with van der Waals surface area (Å²) in [6, 6.07) is 7.56. The summed E-state index contributed by atoms with van der Waals surface area (Å²) in [5.41, 5.74) is 1.03. The lowest BCUT2D eigenvalue weighted by molar-refractivity contribution is 0.0459. The molecule has 0 saturated heterocycles. The Bertz CT molecular complexity index is 458. The first-order valence-electron chi connectivity index (χ1n) is 5.72. The SMILES string of the molecule is COc1ccc(COCCOCCS(=O)(=O)Cl)cc1. The van der Waals surface area contributed by atoms with Gasteiger partial charge < -0.3 is 14.2 Å². The minimum absolute atomic E-state index is 0.0811. The Morgan fingerprint density at radius 2 is 1.68 bits per heavy atom. The van der Waals surface area contributed by atoms with Crippen LogP contribution in [0.4, 0.5) is 0 Å². The fraction of sp³-hybridized carbons (Fsp3) is 0.500. The molecule has 0 bridgehead atoms. The monoisotopic (exact) mass is 308 g/mol. The Balaban J connectivity index is 2.07. The fourth-order valence-corrected chi connectivity index (χ4v) is 1.80. The summed E-state index contributed by atoms with van der Waals surface area (Å²) < 4.78 is 36.7. The number of hydrogen-bond acceptors (Lipinski definition) is 5. The van der Waals surface area contributed by atoms with E-state index in [9.17, 15) is 8.42 Å². The zero-order valence-corrected chi connectivity index (χ0v) is 12.2. The maximum atomic E-state index is 10.6. The predicted octanol–water partition coefficient (Wildman–Crippen LogP) is 1.80. The van der Waals surface area contributed by atoms with Crippen molar-refractivity contribution in [3.8, 4) is 5.75 Å². The van der Waals surface area contributed by atoms with Crippen LogP contribution in [-0.4, -0.2) is 41.1 Å². The van der Waals surface area contributed by atoms with Gasteiger partial charge >= 0.3 is 0 Å². The molecule has 19 heavy (non-hydrogen) atoms. The molecule has 7 heteroatoms. The van der Waals surface area contributed by atoms with Gasteiger partial charge in [-0.2, -0.15) is 0 Å². The molecule has 5 nitrogen and oxygen atoms in total. The first-order valence-corrected chi connectivity index (χ1v) is 8.20. The molecule has 0 fully saturated rings. The quantitative estimate of drug-likeness (QED) is 0.514. The summed E-state index contributed by atoms with van der Waals surface area (Å²) >= 11 is 0. The van der Waals surface area contributed by atoms with Gasteiger partial charge in [0.2, 0.25) is 9.05 Å². The van der Waals surface area contributed by atoms with Crippen LogP contribution in [0.5, 0.6) is 5.75 Å². The Morgan fingerprint density at radius 1 is 1.05 bits per heavy atom. The molecule has 1 aromatic rings. The van der Waals surface area contributed by atoms with Gasteiger partial charge in [-0.15, -0.1) is 0 Å². The highest BCUT2D eigenvalue weighted by Crippen LogP contribution is 2.11. The van der Waals surface area contributed by atoms with E-state index in [2.05, 4.69) is 0 Å². The lowest BCUT2D eigenvalue weighted by atomic mass is 10.2. The highest BCUT2D eigenvalue weighted by molar-refractivity contribution is 8.13. The van der Waals surface area contributed by atoms with Gasteiger partial charge in [-0.05, 0) is 17.7 Å². The second kappa shape index (κ2) is 8.37. The van der Waals surface area contributed by atoms with Crippen LogP contribution in [0, 0.1) is 0 Å². The predicted molar refractivity (Wildman–Crippen MR) is 73.1 cm³/mol. The molecule has 0 saturated carbocycles. The summed E-state index contributed by atoms with van der Waals surface area (Å²) in [4.78, 5) is 0. The van der Waals surface area contributed by atoms with Crippen LogP contribution in [-0.2, 0) is 25.1 Å². The van der Waals surface area contributed by atoms with E-state index in [1.165, 1.54) is 0 Å². The van der Waals surface area contributed by atoms with E-state index in [-0.39, 0.29) is 12.4 Å². The molecule has 0 heterocycles. The molecule has 108 valence electrons. The normalized spacial score (nSPS) is 11.5. The zero-order chi connectivity index (χ0) is 14.1. The Morgan fingerprint density at radius 3 is 2.26 bits per heavy atom. The number of halogens is 1. The topological polar surface area (TPSA) is 61.8 Å². The Hall–Kier alpha value is -0.820. The first kappa shape index (κ1) is 16.2. The summed E-state index contributed by atoms with van der Waals surface area (Å²) in [7, 11) is 3.17. The van der Waals surface area contributed by atoms with Crippen LogP contribution >= 0.6 is 10.7 Å². The summed E-state index contributed by atoms with van der Waals surface area (Å²) in [6.45, 7) is 1.29. The van der Waals surface area contributed by atoms with Crippen molar-refractivity contribution in [2.45, 2.75) is 6.61 Å². The van der Waals surface area contributed by atoms with Gasteiger partial charge in [0.1, 0.15) is 5.75 Å². The summed E-state index contributed by atoms with van der Waals surface area (Å²) in [5, 5.41) is 0. The lowest BCUT2D eigenvalue weighted by Crippen LogP contribution is -2.10. The van der Waals surface area contributed by atoms with Gasteiger partial charge in [0.25, 0.3) is 0 Å². The first-order chi connectivity index (χ1) is 9.01. The standard InChI is InChI=1S/C12H17ClO5S/c1-16-12-4-2-11(3-5-12)10-18-7-6-17-8-9-19(13,14)15/h2-5H,6-10H2,1H3.